The zero-order valence-corrected chi connectivity index (χ0v) is 9.61. The average Bonchev–Trinajstić information content (AvgIpc) is 2.26. The molecule has 0 saturated heterocycles. The number of ketones is 1. The smallest absolute Gasteiger partial charge is 0.133 e. The van der Waals surface area contributed by atoms with Crippen molar-refractivity contribution < 1.29 is 4.79 Å². The number of nitrogens with two attached hydrogens (primary N) is 1. The summed E-state index contributed by atoms with van der Waals surface area (Å²) < 4.78 is 0. The quantitative estimate of drug-likeness (QED) is 0.744. The minimum Gasteiger partial charge on any atom is -0.330 e. The minimum absolute atomic E-state index is 0.396. The fraction of sp³-hybridized carbons (Fsp3) is 0.500. The average molecular weight is 217 g/mol. The Labute approximate surface area is 96.8 Å². The van der Waals surface area contributed by atoms with Gasteiger partial charge in [-0.05, 0) is 42.9 Å². The van der Waals surface area contributed by atoms with E-state index in [0.29, 0.717) is 24.7 Å². The van der Waals surface area contributed by atoms with Gasteiger partial charge in [0.15, 0.2) is 0 Å². The van der Waals surface area contributed by atoms with Crippen molar-refractivity contribution in [1.82, 2.24) is 0 Å². The molecular formula is C14H19NO. The molecule has 0 spiro atoms. The molecule has 0 fully saturated rings. The largest absolute Gasteiger partial charge is 0.330 e. The second-order valence-electron chi connectivity index (χ2n) is 4.59. The highest BCUT2D eigenvalue weighted by molar-refractivity contribution is 5.79. The second kappa shape index (κ2) is 5.26. The van der Waals surface area contributed by atoms with E-state index in [1.807, 2.05) is 0 Å². The van der Waals surface area contributed by atoms with Crippen LogP contribution in [0, 0.1) is 0 Å². The van der Waals surface area contributed by atoms with E-state index in [9.17, 15) is 4.79 Å². The van der Waals surface area contributed by atoms with Crippen LogP contribution in [0.15, 0.2) is 24.3 Å². The molecule has 16 heavy (non-hydrogen) atoms. The summed E-state index contributed by atoms with van der Waals surface area (Å²) in [6.45, 7) is 0.694. The van der Waals surface area contributed by atoms with E-state index in [-0.39, 0.29) is 0 Å². The van der Waals surface area contributed by atoms with Gasteiger partial charge in [-0.1, -0.05) is 24.3 Å². The predicted molar refractivity (Wildman–Crippen MR) is 65.4 cm³/mol. The van der Waals surface area contributed by atoms with Crippen molar-refractivity contribution in [2.24, 2.45) is 5.73 Å². The number of hydrogen-bond donors (Lipinski definition) is 1. The van der Waals surface area contributed by atoms with Crippen LogP contribution in [0.3, 0.4) is 0 Å². The maximum atomic E-state index is 11.7. The van der Waals surface area contributed by atoms with E-state index in [2.05, 4.69) is 24.3 Å². The molecule has 0 saturated carbocycles. The summed E-state index contributed by atoms with van der Waals surface area (Å²) >= 11 is 0. The summed E-state index contributed by atoms with van der Waals surface area (Å²) in [4.78, 5) is 11.7. The third-order valence-corrected chi connectivity index (χ3v) is 3.35. The molecule has 1 aliphatic rings. The molecule has 0 aliphatic heterocycles. The molecule has 1 aliphatic carbocycles. The van der Waals surface area contributed by atoms with E-state index in [1.54, 1.807) is 0 Å². The third-order valence-electron chi connectivity index (χ3n) is 3.35. The van der Waals surface area contributed by atoms with E-state index < -0.39 is 0 Å². The SMILES string of the molecule is NCCCCC(=O)CC1Cc2ccccc21. The van der Waals surface area contributed by atoms with Crippen LogP contribution in [-0.4, -0.2) is 12.3 Å². The molecule has 1 aromatic carbocycles. The van der Waals surface area contributed by atoms with Crippen molar-refractivity contribution >= 4 is 5.78 Å². The fourth-order valence-corrected chi connectivity index (χ4v) is 2.39. The number of carbonyl (C=O) groups is 1. The van der Waals surface area contributed by atoms with Crippen LogP contribution < -0.4 is 5.73 Å². The Bertz CT molecular complexity index is 373. The Morgan fingerprint density at radius 2 is 2.12 bits per heavy atom. The lowest BCUT2D eigenvalue weighted by atomic mass is 9.75. The molecule has 2 rings (SSSR count). The Kier molecular flexibility index (Phi) is 3.73. The zero-order chi connectivity index (χ0) is 11.4. The number of unbranched alkanes of at least 4 members (excludes halogenated alkanes) is 1. The first kappa shape index (κ1) is 11.3. The Morgan fingerprint density at radius 1 is 1.31 bits per heavy atom. The van der Waals surface area contributed by atoms with Crippen molar-refractivity contribution in [3.63, 3.8) is 0 Å². The molecule has 0 aromatic heterocycles. The topological polar surface area (TPSA) is 43.1 Å². The number of carbonyl (C=O) groups excluding carboxylic acids is 1. The Hall–Kier alpha value is -1.15. The monoisotopic (exact) mass is 217 g/mol. The van der Waals surface area contributed by atoms with Crippen molar-refractivity contribution in [2.75, 3.05) is 6.54 Å². The molecule has 2 N–H and O–H groups in total. The highest BCUT2D eigenvalue weighted by atomic mass is 16.1. The van der Waals surface area contributed by atoms with Gasteiger partial charge in [-0.25, -0.2) is 0 Å². The van der Waals surface area contributed by atoms with Crippen LogP contribution in [0.4, 0.5) is 0 Å². The van der Waals surface area contributed by atoms with E-state index in [1.165, 1.54) is 11.1 Å². The van der Waals surface area contributed by atoms with E-state index >= 15 is 0 Å². The summed E-state index contributed by atoms with van der Waals surface area (Å²) in [7, 11) is 0. The number of Topliss-reactive ketones (excluding diaryl/α,β-unsaturated/α-hetero) is 1. The fourth-order valence-electron chi connectivity index (χ4n) is 2.39. The van der Waals surface area contributed by atoms with Gasteiger partial charge in [0.25, 0.3) is 0 Å². The lowest BCUT2D eigenvalue weighted by Crippen LogP contribution is -2.20. The van der Waals surface area contributed by atoms with E-state index in [4.69, 9.17) is 5.73 Å². The summed E-state index contributed by atoms with van der Waals surface area (Å²) in [6.07, 6.45) is 4.42. The van der Waals surface area contributed by atoms with E-state index in [0.717, 1.165) is 25.7 Å². The van der Waals surface area contributed by atoms with Crippen LogP contribution in [-0.2, 0) is 11.2 Å². The highest BCUT2D eigenvalue weighted by Gasteiger charge is 2.26. The van der Waals surface area contributed by atoms with Gasteiger partial charge in [0, 0.05) is 12.8 Å². The van der Waals surface area contributed by atoms with Crippen molar-refractivity contribution in [2.45, 2.75) is 38.0 Å². The van der Waals surface area contributed by atoms with Crippen molar-refractivity contribution in [3.8, 4) is 0 Å². The number of hydrogen-bond acceptors (Lipinski definition) is 2. The molecular weight excluding hydrogens is 198 g/mol. The van der Waals surface area contributed by atoms with Gasteiger partial charge in [-0.15, -0.1) is 0 Å². The summed E-state index contributed by atoms with van der Waals surface area (Å²) in [5.41, 5.74) is 8.21. The molecule has 2 heteroatoms. The van der Waals surface area contributed by atoms with Crippen molar-refractivity contribution in [3.05, 3.63) is 35.4 Å². The Morgan fingerprint density at radius 3 is 2.88 bits per heavy atom. The van der Waals surface area contributed by atoms with Gasteiger partial charge in [0.05, 0.1) is 0 Å². The highest BCUT2D eigenvalue weighted by Crippen LogP contribution is 2.37. The summed E-state index contributed by atoms with van der Waals surface area (Å²) in [6, 6.07) is 8.43. The first-order valence-corrected chi connectivity index (χ1v) is 6.11. The van der Waals surface area contributed by atoms with Crippen LogP contribution >= 0.6 is 0 Å². The lowest BCUT2D eigenvalue weighted by molar-refractivity contribution is -0.119. The molecule has 86 valence electrons. The number of rotatable bonds is 6. The summed E-state index contributed by atoms with van der Waals surface area (Å²) in [5.74, 6) is 0.884. The number of benzene rings is 1. The molecule has 0 radical (unpaired) electrons. The second-order valence-corrected chi connectivity index (χ2v) is 4.59. The van der Waals surface area contributed by atoms with Crippen LogP contribution in [0.2, 0.25) is 0 Å². The molecule has 0 heterocycles. The van der Waals surface area contributed by atoms with Gasteiger partial charge >= 0.3 is 0 Å². The third kappa shape index (κ3) is 2.50. The van der Waals surface area contributed by atoms with Gasteiger partial charge in [0.1, 0.15) is 5.78 Å². The zero-order valence-electron chi connectivity index (χ0n) is 9.61. The van der Waals surface area contributed by atoms with Gasteiger partial charge in [-0.3, -0.25) is 4.79 Å². The van der Waals surface area contributed by atoms with Gasteiger partial charge in [-0.2, -0.15) is 0 Å². The van der Waals surface area contributed by atoms with Crippen LogP contribution in [0.5, 0.6) is 0 Å². The molecule has 0 amide bonds. The standard InChI is InChI=1S/C14H19NO/c15-8-4-3-6-13(16)10-12-9-11-5-1-2-7-14(11)12/h1-2,5,7,12H,3-4,6,8-10,15H2. The minimum atomic E-state index is 0.396. The number of fused-ring (bicyclic) bond motifs is 1. The molecule has 1 atom stereocenters. The Balaban J connectivity index is 1.78. The molecule has 0 bridgehead atoms. The predicted octanol–water partition coefficient (Wildman–Crippen LogP) is 2.41. The maximum Gasteiger partial charge on any atom is 0.133 e. The first-order valence-electron chi connectivity index (χ1n) is 6.11. The molecule has 2 nitrogen and oxygen atoms in total. The molecule has 1 aromatic rings. The van der Waals surface area contributed by atoms with Crippen molar-refractivity contribution in [1.29, 1.82) is 0 Å². The van der Waals surface area contributed by atoms with Crippen LogP contribution in [0.25, 0.3) is 0 Å². The van der Waals surface area contributed by atoms with Crippen LogP contribution in [0.1, 0.15) is 42.7 Å². The maximum absolute atomic E-state index is 11.7. The summed E-state index contributed by atoms with van der Waals surface area (Å²) in [5, 5.41) is 0. The van der Waals surface area contributed by atoms with Gasteiger partial charge < -0.3 is 5.73 Å². The van der Waals surface area contributed by atoms with Gasteiger partial charge in [0.2, 0.25) is 0 Å². The molecule has 1 unspecified atom stereocenters. The normalized spacial score (nSPS) is 17.7. The lowest BCUT2D eigenvalue weighted by Gasteiger charge is -2.29. The first-order chi connectivity index (χ1) is 7.81.